The average molecular weight is 307 g/mol. The molecule has 1 saturated heterocycles. The Bertz CT molecular complexity index is 575. The van der Waals surface area contributed by atoms with Gasteiger partial charge in [-0.25, -0.2) is 9.18 Å². The van der Waals surface area contributed by atoms with Crippen molar-refractivity contribution in [3.63, 3.8) is 0 Å². The fourth-order valence-electron chi connectivity index (χ4n) is 2.56. The molecule has 3 amide bonds. The van der Waals surface area contributed by atoms with Gasteiger partial charge in [0, 0.05) is 32.9 Å². The van der Waals surface area contributed by atoms with Crippen LogP contribution in [0.3, 0.4) is 0 Å². The number of nitrogens with zero attached hydrogens (tertiary/aromatic N) is 2. The van der Waals surface area contributed by atoms with Gasteiger partial charge in [-0.2, -0.15) is 0 Å². The number of urea groups is 1. The van der Waals surface area contributed by atoms with Crippen molar-refractivity contribution in [2.45, 2.75) is 19.8 Å². The van der Waals surface area contributed by atoms with Gasteiger partial charge in [-0.3, -0.25) is 4.79 Å². The Kier molecular flexibility index (Phi) is 5.00. The third-order valence-corrected chi connectivity index (χ3v) is 3.88. The first-order chi connectivity index (χ1) is 10.4. The average Bonchev–Trinajstić information content (AvgIpc) is 2.50. The summed E-state index contributed by atoms with van der Waals surface area (Å²) in [6.45, 7) is 2.74. The lowest BCUT2D eigenvalue weighted by molar-refractivity contribution is -0.121. The fourth-order valence-corrected chi connectivity index (χ4v) is 2.56. The van der Waals surface area contributed by atoms with Gasteiger partial charge >= 0.3 is 6.03 Å². The lowest BCUT2D eigenvalue weighted by atomic mass is 9.97. The van der Waals surface area contributed by atoms with Gasteiger partial charge in [0.1, 0.15) is 5.82 Å². The molecule has 120 valence electrons. The van der Waals surface area contributed by atoms with Gasteiger partial charge in [-0.15, -0.1) is 0 Å². The predicted molar refractivity (Wildman–Crippen MR) is 83.1 cm³/mol. The van der Waals surface area contributed by atoms with Crippen LogP contribution in [0.2, 0.25) is 0 Å². The Morgan fingerprint density at radius 3 is 2.73 bits per heavy atom. The molecule has 1 aromatic carbocycles. The van der Waals surface area contributed by atoms with Gasteiger partial charge in [-0.05, 0) is 37.5 Å². The summed E-state index contributed by atoms with van der Waals surface area (Å²) in [5, 5.41) is 2.74. The maximum atomic E-state index is 13.5. The molecule has 6 heteroatoms. The first kappa shape index (κ1) is 16.3. The van der Waals surface area contributed by atoms with Crippen LogP contribution in [0, 0.1) is 18.7 Å². The van der Waals surface area contributed by atoms with Crippen LogP contribution in [0.25, 0.3) is 0 Å². The number of benzene rings is 1. The second kappa shape index (κ2) is 6.77. The second-order valence-electron chi connectivity index (χ2n) is 5.92. The molecule has 0 bridgehead atoms. The van der Waals surface area contributed by atoms with E-state index in [1.807, 2.05) is 0 Å². The minimum Gasteiger partial charge on any atom is -0.331 e. The normalized spacial score (nSPS) is 18.0. The third-order valence-electron chi connectivity index (χ3n) is 3.88. The molecule has 0 spiro atoms. The minimum atomic E-state index is -0.342. The van der Waals surface area contributed by atoms with E-state index >= 15 is 0 Å². The summed E-state index contributed by atoms with van der Waals surface area (Å²) < 4.78 is 13.5. The molecule has 1 aliphatic rings. The number of carbonyl (C=O) groups is 2. The summed E-state index contributed by atoms with van der Waals surface area (Å²) in [5.41, 5.74) is 0.988. The van der Waals surface area contributed by atoms with Crippen LogP contribution >= 0.6 is 0 Å². The van der Waals surface area contributed by atoms with Crippen LogP contribution in [-0.4, -0.2) is 48.9 Å². The number of carbonyl (C=O) groups excluding carboxylic acids is 2. The molecule has 1 unspecified atom stereocenters. The molecule has 1 fully saturated rings. The van der Waals surface area contributed by atoms with Crippen LogP contribution < -0.4 is 5.32 Å². The first-order valence-electron chi connectivity index (χ1n) is 7.41. The monoisotopic (exact) mass is 307 g/mol. The van der Waals surface area contributed by atoms with Gasteiger partial charge in [0.2, 0.25) is 5.91 Å². The Labute approximate surface area is 130 Å². The van der Waals surface area contributed by atoms with Crippen molar-refractivity contribution in [3.05, 3.63) is 29.6 Å². The van der Waals surface area contributed by atoms with Crippen molar-refractivity contribution in [1.82, 2.24) is 9.80 Å². The molecule has 1 aliphatic heterocycles. The van der Waals surface area contributed by atoms with Crippen LogP contribution in [0.5, 0.6) is 0 Å². The maximum Gasteiger partial charge on any atom is 0.319 e. The zero-order valence-electron chi connectivity index (χ0n) is 13.2. The zero-order chi connectivity index (χ0) is 16.3. The standard InChI is InChI=1S/C16H22FN3O2/c1-11-6-7-13(9-14(11)17)18-15(21)12-5-4-8-20(10-12)16(22)19(2)3/h6-7,9,12H,4-5,8,10H2,1-3H3,(H,18,21). The molecule has 1 atom stereocenters. The van der Waals surface area contributed by atoms with E-state index in [-0.39, 0.29) is 23.7 Å². The van der Waals surface area contributed by atoms with Gasteiger partial charge in [0.15, 0.2) is 0 Å². The SMILES string of the molecule is Cc1ccc(NC(=O)C2CCCN(C(=O)N(C)C)C2)cc1F. The number of amides is 3. The Hall–Kier alpha value is -2.11. The van der Waals surface area contributed by atoms with E-state index < -0.39 is 0 Å². The molecule has 0 radical (unpaired) electrons. The lowest BCUT2D eigenvalue weighted by Crippen LogP contribution is -2.47. The Morgan fingerprint density at radius 2 is 2.09 bits per heavy atom. The molecule has 2 rings (SSSR count). The molecular formula is C16H22FN3O2. The van der Waals surface area contributed by atoms with Crippen LogP contribution in [0.1, 0.15) is 18.4 Å². The highest BCUT2D eigenvalue weighted by molar-refractivity contribution is 5.93. The highest BCUT2D eigenvalue weighted by Crippen LogP contribution is 2.20. The summed E-state index contributed by atoms with van der Waals surface area (Å²) in [4.78, 5) is 27.5. The molecule has 1 N–H and O–H groups in total. The summed E-state index contributed by atoms with van der Waals surface area (Å²) in [7, 11) is 3.39. The number of likely N-dealkylation sites (tertiary alicyclic amines) is 1. The van der Waals surface area contributed by atoms with Gasteiger partial charge < -0.3 is 15.1 Å². The molecule has 0 aliphatic carbocycles. The molecule has 5 nitrogen and oxygen atoms in total. The summed E-state index contributed by atoms with van der Waals surface area (Å²) >= 11 is 0. The Morgan fingerprint density at radius 1 is 1.36 bits per heavy atom. The van der Waals surface area contributed by atoms with E-state index in [0.29, 0.717) is 24.3 Å². The van der Waals surface area contributed by atoms with E-state index in [4.69, 9.17) is 0 Å². The van der Waals surface area contributed by atoms with E-state index in [9.17, 15) is 14.0 Å². The van der Waals surface area contributed by atoms with Crippen molar-refractivity contribution in [2.75, 3.05) is 32.5 Å². The highest BCUT2D eigenvalue weighted by atomic mass is 19.1. The zero-order valence-corrected chi connectivity index (χ0v) is 13.2. The van der Waals surface area contributed by atoms with E-state index in [1.54, 1.807) is 38.1 Å². The molecule has 0 aromatic heterocycles. The van der Waals surface area contributed by atoms with Crippen molar-refractivity contribution in [3.8, 4) is 0 Å². The molecule has 1 heterocycles. The number of anilines is 1. The third kappa shape index (κ3) is 3.75. The van der Waals surface area contributed by atoms with E-state index in [2.05, 4.69) is 5.32 Å². The maximum absolute atomic E-state index is 13.5. The van der Waals surface area contributed by atoms with Crippen molar-refractivity contribution in [2.24, 2.45) is 5.92 Å². The Balaban J connectivity index is 1.99. The number of hydrogen-bond donors (Lipinski definition) is 1. The second-order valence-corrected chi connectivity index (χ2v) is 5.92. The lowest BCUT2D eigenvalue weighted by Gasteiger charge is -2.33. The number of piperidine rings is 1. The number of halogens is 1. The highest BCUT2D eigenvalue weighted by Gasteiger charge is 2.29. The van der Waals surface area contributed by atoms with Crippen molar-refractivity contribution >= 4 is 17.6 Å². The quantitative estimate of drug-likeness (QED) is 0.912. The van der Waals surface area contributed by atoms with E-state index in [0.717, 1.165) is 12.8 Å². The number of nitrogens with one attached hydrogen (secondary N) is 1. The molecule has 1 aromatic rings. The minimum absolute atomic E-state index is 0.0844. The number of hydrogen-bond acceptors (Lipinski definition) is 2. The van der Waals surface area contributed by atoms with Gasteiger partial charge in [0.05, 0.1) is 5.92 Å². The topological polar surface area (TPSA) is 52.7 Å². The van der Waals surface area contributed by atoms with Gasteiger partial charge in [0.25, 0.3) is 0 Å². The van der Waals surface area contributed by atoms with Crippen molar-refractivity contribution in [1.29, 1.82) is 0 Å². The smallest absolute Gasteiger partial charge is 0.319 e. The fraction of sp³-hybridized carbons (Fsp3) is 0.500. The van der Waals surface area contributed by atoms with Crippen LogP contribution in [0.15, 0.2) is 18.2 Å². The molecule has 0 saturated carbocycles. The first-order valence-corrected chi connectivity index (χ1v) is 7.41. The molecule has 22 heavy (non-hydrogen) atoms. The largest absolute Gasteiger partial charge is 0.331 e. The van der Waals surface area contributed by atoms with E-state index in [1.165, 1.54) is 11.0 Å². The molecular weight excluding hydrogens is 285 g/mol. The van der Waals surface area contributed by atoms with Crippen LogP contribution in [0.4, 0.5) is 14.9 Å². The summed E-state index contributed by atoms with van der Waals surface area (Å²) in [6, 6.07) is 4.55. The van der Waals surface area contributed by atoms with Crippen molar-refractivity contribution < 1.29 is 14.0 Å². The number of rotatable bonds is 2. The summed E-state index contributed by atoms with van der Waals surface area (Å²) in [5.74, 6) is -0.771. The summed E-state index contributed by atoms with van der Waals surface area (Å²) in [6.07, 6.45) is 1.53. The predicted octanol–water partition coefficient (Wildman–Crippen LogP) is 2.47. The van der Waals surface area contributed by atoms with Gasteiger partial charge in [-0.1, -0.05) is 6.07 Å². The van der Waals surface area contributed by atoms with Crippen LogP contribution in [-0.2, 0) is 4.79 Å². The number of aryl methyl sites for hydroxylation is 1.